The van der Waals surface area contributed by atoms with Crippen molar-refractivity contribution in [1.29, 1.82) is 0 Å². The van der Waals surface area contributed by atoms with E-state index < -0.39 is 22.7 Å². The summed E-state index contributed by atoms with van der Waals surface area (Å²) < 4.78 is 32.8. The number of methoxy groups -OCH3 is 1. The van der Waals surface area contributed by atoms with Crippen molar-refractivity contribution in [3.05, 3.63) is 61.8 Å². The second kappa shape index (κ2) is 11.1. The average Bonchev–Trinajstić information content (AvgIpc) is 2.92. The molecule has 216 valence electrons. The minimum Gasteiger partial charge on any atom is -0.490 e. The van der Waals surface area contributed by atoms with Gasteiger partial charge in [0.2, 0.25) is 0 Å². The number of halogens is 2. The van der Waals surface area contributed by atoms with E-state index in [1.165, 1.54) is 23.8 Å². The third-order valence-corrected chi connectivity index (χ3v) is 8.39. The van der Waals surface area contributed by atoms with Crippen LogP contribution in [0.5, 0.6) is 5.75 Å². The quantitative estimate of drug-likeness (QED) is 0.538. The molecule has 2 amide bonds. The van der Waals surface area contributed by atoms with Crippen molar-refractivity contribution in [2.24, 2.45) is 5.41 Å². The number of fused-ring (bicyclic) bond motifs is 3. The highest BCUT2D eigenvalue weighted by atomic mass is 35.5. The summed E-state index contributed by atoms with van der Waals surface area (Å²) in [5.74, 6) is -1.41. The number of amides is 2. The van der Waals surface area contributed by atoms with Gasteiger partial charge in [0.15, 0.2) is 12.0 Å². The van der Waals surface area contributed by atoms with Gasteiger partial charge in [-0.1, -0.05) is 31.5 Å². The maximum atomic E-state index is 13.9. The van der Waals surface area contributed by atoms with E-state index in [1.807, 2.05) is 13.8 Å². The number of hydrogen-bond donors (Lipinski definition) is 0. The number of likely N-dealkylation sites (N-methyl/N-ethyl adjacent to an activating group) is 1. The molecule has 1 unspecified atom stereocenters. The summed E-state index contributed by atoms with van der Waals surface area (Å²) in [5.41, 5.74) is 0.359. The summed E-state index contributed by atoms with van der Waals surface area (Å²) in [6.07, 6.45) is 2.40. The van der Waals surface area contributed by atoms with E-state index in [1.54, 1.807) is 22.9 Å². The Bertz CT molecular complexity index is 1390. The first-order valence-electron chi connectivity index (χ1n) is 13.6. The number of carbonyl (C=O) groups is 2. The van der Waals surface area contributed by atoms with Crippen LogP contribution in [0.15, 0.2) is 23.0 Å². The summed E-state index contributed by atoms with van der Waals surface area (Å²) in [5, 5.41) is -0.0341. The molecular weight excluding hydrogens is 541 g/mol. The van der Waals surface area contributed by atoms with Crippen LogP contribution in [0.2, 0.25) is 5.02 Å². The van der Waals surface area contributed by atoms with Crippen LogP contribution in [-0.2, 0) is 29.0 Å². The predicted octanol–water partition coefficient (Wildman–Crippen LogP) is 3.87. The van der Waals surface area contributed by atoms with Crippen LogP contribution in [0.4, 0.5) is 4.39 Å². The first kappa shape index (κ1) is 28.6. The largest absolute Gasteiger partial charge is 0.490 e. The molecule has 4 heterocycles. The number of aromatic nitrogens is 1. The fourth-order valence-corrected chi connectivity index (χ4v) is 6.02. The monoisotopic (exact) mass is 575 g/mol. The molecule has 0 bridgehead atoms. The molecular formula is C29H35ClFN3O6. The zero-order valence-corrected chi connectivity index (χ0v) is 24.1. The van der Waals surface area contributed by atoms with Gasteiger partial charge in [-0.2, -0.15) is 0 Å². The first-order chi connectivity index (χ1) is 19.0. The van der Waals surface area contributed by atoms with Crippen LogP contribution in [0.25, 0.3) is 0 Å². The van der Waals surface area contributed by atoms with E-state index in [9.17, 15) is 18.8 Å². The summed E-state index contributed by atoms with van der Waals surface area (Å²) in [7, 11) is 3.03. The van der Waals surface area contributed by atoms with Gasteiger partial charge in [0.25, 0.3) is 17.4 Å². The number of ether oxygens (including phenoxy) is 3. The molecule has 5 rings (SSSR count). The number of rotatable bonds is 5. The van der Waals surface area contributed by atoms with Crippen molar-refractivity contribution in [2.45, 2.75) is 65.0 Å². The fraction of sp³-hybridized carbons (Fsp3) is 0.552. The van der Waals surface area contributed by atoms with E-state index >= 15 is 0 Å². The standard InChI is InChI=1S/C29H35ClFN3O6/c1-29(2)16-34-24(27(36)32(3)15-21(29)40-22-7-5-6-12-39-22)18-10-11-33(14-17-8-9-20(31)19(30)13-17)26(35)23(18)25(38-4)28(34)37/h8-9,13,21-22H,5-7,10-12,14-16H2,1-4H3/t21-,22?/m0/s1. The number of benzene rings is 1. The maximum Gasteiger partial charge on any atom is 0.294 e. The van der Waals surface area contributed by atoms with Crippen LogP contribution in [0.1, 0.15) is 65.1 Å². The molecule has 2 aromatic rings. The Labute approximate surface area is 237 Å². The summed E-state index contributed by atoms with van der Waals surface area (Å²) in [6, 6.07) is 4.29. The van der Waals surface area contributed by atoms with Crippen molar-refractivity contribution in [1.82, 2.24) is 14.4 Å². The number of hydrogen-bond acceptors (Lipinski definition) is 6. The van der Waals surface area contributed by atoms with E-state index in [4.69, 9.17) is 25.8 Å². The third kappa shape index (κ3) is 5.24. The second-order valence-corrected chi connectivity index (χ2v) is 11.9. The van der Waals surface area contributed by atoms with Crippen molar-refractivity contribution in [3.63, 3.8) is 0 Å². The van der Waals surface area contributed by atoms with E-state index in [0.717, 1.165) is 19.3 Å². The molecule has 0 saturated carbocycles. The Morgan fingerprint density at radius 3 is 2.62 bits per heavy atom. The molecule has 1 aromatic heterocycles. The minimum absolute atomic E-state index is 0.0341. The lowest BCUT2D eigenvalue weighted by molar-refractivity contribution is -0.213. The molecule has 0 radical (unpaired) electrons. The average molecular weight is 576 g/mol. The van der Waals surface area contributed by atoms with E-state index in [-0.39, 0.29) is 53.4 Å². The lowest BCUT2D eigenvalue weighted by Crippen LogP contribution is -2.53. The van der Waals surface area contributed by atoms with Crippen LogP contribution in [-0.4, -0.2) is 72.4 Å². The van der Waals surface area contributed by atoms with Crippen molar-refractivity contribution in [2.75, 3.05) is 33.9 Å². The second-order valence-electron chi connectivity index (χ2n) is 11.4. The Morgan fingerprint density at radius 1 is 1.18 bits per heavy atom. The Morgan fingerprint density at radius 2 is 1.95 bits per heavy atom. The van der Waals surface area contributed by atoms with Gasteiger partial charge in [0.05, 0.1) is 23.8 Å². The summed E-state index contributed by atoms with van der Waals surface area (Å²) in [4.78, 5) is 44.6. The molecule has 2 atom stereocenters. The molecule has 1 aromatic carbocycles. The molecule has 3 aliphatic rings. The van der Waals surface area contributed by atoms with Gasteiger partial charge >= 0.3 is 0 Å². The zero-order chi connectivity index (χ0) is 28.8. The first-order valence-corrected chi connectivity index (χ1v) is 14.0. The van der Waals surface area contributed by atoms with Gasteiger partial charge in [0, 0.05) is 50.8 Å². The highest BCUT2D eigenvalue weighted by Crippen LogP contribution is 2.36. The van der Waals surface area contributed by atoms with Crippen LogP contribution in [0, 0.1) is 11.2 Å². The summed E-state index contributed by atoms with van der Waals surface area (Å²) >= 11 is 5.94. The minimum atomic E-state index is -0.555. The zero-order valence-electron chi connectivity index (χ0n) is 23.3. The molecule has 9 nitrogen and oxygen atoms in total. The van der Waals surface area contributed by atoms with E-state index in [2.05, 4.69) is 0 Å². The topological polar surface area (TPSA) is 90.3 Å². The molecule has 3 aliphatic heterocycles. The van der Waals surface area contributed by atoms with Gasteiger partial charge in [-0.15, -0.1) is 0 Å². The van der Waals surface area contributed by atoms with Gasteiger partial charge in [-0.25, -0.2) is 4.39 Å². The lowest BCUT2D eigenvalue weighted by atomic mass is 9.83. The number of carbonyl (C=O) groups excluding carboxylic acids is 2. The lowest BCUT2D eigenvalue weighted by Gasteiger charge is -2.42. The molecule has 40 heavy (non-hydrogen) atoms. The highest BCUT2D eigenvalue weighted by Gasteiger charge is 2.42. The van der Waals surface area contributed by atoms with Gasteiger partial charge in [0.1, 0.15) is 11.5 Å². The van der Waals surface area contributed by atoms with Gasteiger partial charge < -0.3 is 24.0 Å². The van der Waals surface area contributed by atoms with E-state index in [0.29, 0.717) is 37.2 Å². The van der Waals surface area contributed by atoms with Crippen molar-refractivity contribution in [3.8, 4) is 5.75 Å². The van der Waals surface area contributed by atoms with Gasteiger partial charge in [-0.05, 0) is 43.4 Å². The Balaban J connectivity index is 1.54. The van der Waals surface area contributed by atoms with Crippen molar-refractivity contribution < 1.29 is 28.2 Å². The highest BCUT2D eigenvalue weighted by molar-refractivity contribution is 6.30. The molecule has 1 fully saturated rings. The van der Waals surface area contributed by atoms with Crippen molar-refractivity contribution >= 4 is 23.4 Å². The van der Waals surface area contributed by atoms with Gasteiger partial charge in [-0.3, -0.25) is 19.0 Å². The Hall–Kier alpha value is -2.95. The fourth-order valence-electron chi connectivity index (χ4n) is 5.82. The van der Waals surface area contributed by atoms with Crippen LogP contribution < -0.4 is 10.3 Å². The molecule has 1 saturated heterocycles. The van der Waals surface area contributed by atoms with Crippen LogP contribution in [0.3, 0.4) is 0 Å². The maximum absolute atomic E-state index is 13.9. The molecule has 0 N–H and O–H groups in total. The SMILES string of the molecule is COc1c2c(c3n(c1=O)CC(C)(C)[C@@H](OC1CCCCO1)CN(C)C3=O)CCN(Cc1ccc(F)c(Cl)c1)C2=O. The van der Waals surface area contributed by atoms with Crippen LogP contribution >= 0.6 is 11.6 Å². The number of pyridine rings is 1. The third-order valence-electron chi connectivity index (χ3n) is 8.10. The number of nitrogens with zero attached hydrogens (tertiary/aromatic N) is 3. The molecule has 0 aliphatic carbocycles. The molecule has 11 heteroatoms. The predicted molar refractivity (Wildman–Crippen MR) is 146 cm³/mol. The Kier molecular flexibility index (Phi) is 7.96. The normalized spacial score (nSPS) is 22.9. The smallest absolute Gasteiger partial charge is 0.294 e. The molecule has 0 spiro atoms. The summed E-state index contributed by atoms with van der Waals surface area (Å²) in [6.45, 7) is 5.64.